The normalized spacial score (nSPS) is 19.1. The molecule has 1 saturated heterocycles. The highest BCUT2D eigenvalue weighted by Gasteiger charge is 2.31. The highest BCUT2D eigenvalue weighted by molar-refractivity contribution is 5.95. The van der Waals surface area contributed by atoms with Crippen molar-refractivity contribution in [3.05, 3.63) is 53.9 Å². The van der Waals surface area contributed by atoms with Gasteiger partial charge in [-0.2, -0.15) is 0 Å². The van der Waals surface area contributed by atoms with Gasteiger partial charge in [-0.1, -0.05) is 12.1 Å². The maximum atomic E-state index is 13.2. The Balaban J connectivity index is 1.48. The lowest BCUT2D eigenvalue weighted by Gasteiger charge is -2.34. The summed E-state index contributed by atoms with van der Waals surface area (Å²) < 4.78 is 10.8. The number of nitrogens with zero attached hydrogens (tertiary/aromatic N) is 2. The van der Waals surface area contributed by atoms with Gasteiger partial charge in [0.2, 0.25) is 6.79 Å². The maximum Gasteiger partial charge on any atom is 0.254 e. The van der Waals surface area contributed by atoms with Crippen molar-refractivity contribution in [2.24, 2.45) is 0 Å². The molecule has 2 aromatic carbocycles. The minimum absolute atomic E-state index is 0.00783. The van der Waals surface area contributed by atoms with Crippen molar-refractivity contribution >= 4 is 16.9 Å². The summed E-state index contributed by atoms with van der Waals surface area (Å²) >= 11 is 0. The quantitative estimate of drug-likeness (QED) is 0.767. The highest BCUT2D eigenvalue weighted by Crippen LogP contribution is 2.35. The van der Waals surface area contributed by atoms with Crippen LogP contribution in [0.2, 0.25) is 0 Å². The monoisotopic (exact) mass is 349 g/mol. The van der Waals surface area contributed by atoms with E-state index < -0.39 is 0 Å². The molecule has 1 amide bonds. The number of carbonyl (C=O) groups excluding carboxylic acids is 1. The lowest BCUT2D eigenvalue weighted by Crippen LogP contribution is -2.39. The Morgan fingerprint density at radius 2 is 2.00 bits per heavy atom. The number of piperidine rings is 1. The van der Waals surface area contributed by atoms with Crippen molar-refractivity contribution in [1.82, 2.24) is 14.9 Å². The number of ether oxygens (including phenoxy) is 2. The van der Waals surface area contributed by atoms with E-state index in [4.69, 9.17) is 14.5 Å². The second-order valence-electron chi connectivity index (χ2n) is 6.72. The van der Waals surface area contributed by atoms with Gasteiger partial charge in [-0.25, -0.2) is 4.98 Å². The summed E-state index contributed by atoms with van der Waals surface area (Å²) in [5.41, 5.74) is 2.56. The van der Waals surface area contributed by atoms with E-state index in [2.05, 4.69) is 4.98 Å². The first kappa shape index (κ1) is 15.3. The van der Waals surface area contributed by atoms with E-state index in [1.54, 1.807) is 18.2 Å². The fourth-order valence-corrected chi connectivity index (χ4v) is 3.78. The van der Waals surface area contributed by atoms with Gasteiger partial charge >= 0.3 is 0 Å². The van der Waals surface area contributed by atoms with Gasteiger partial charge in [0.25, 0.3) is 5.91 Å². The van der Waals surface area contributed by atoms with Gasteiger partial charge in [0.1, 0.15) is 5.82 Å². The van der Waals surface area contributed by atoms with Crippen LogP contribution in [0, 0.1) is 0 Å². The Bertz CT molecular complexity index is 948. The van der Waals surface area contributed by atoms with Gasteiger partial charge in [0, 0.05) is 12.1 Å². The summed E-state index contributed by atoms with van der Waals surface area (Å²) in [7, 11) is 0. The number of fused-ring (bicyclic) bond motifs is 2. The molecule has 1 N–H and O–H groups in total. The Kier molecular flexibility index (Phi) is 3.55. The molecular weight excluding hydrogens is 330 g/mol. The van der Waals surface area contributed by atoms with E-state index in [-0.39, 0.29) is 18.7 Å². The number of benzene rings is 2. The molecule has 0 spiro atoms. The summed E-state index contributed by atoms with van der Waals surface area (Å²) in [5.74, 6) is 2.19. The van der Waals surface area contributed by atoms with E-state index in [9.17, 15) is 4.79 Å². The van der Waals surface area contributed by atoms with Crippen LogP contribution in [0.3, 0.4) is 0 Å². The number of likely N-dealkylation sites (tertiary alicyclic amines) is 1. The van der Waals surface area contributed by atoms with Crippen LogP contribution in [0.5, 0.6) is 11.5 Å². The first-order valence-corrected chi connectivity index (χ1v) is 8.95. The van der Waals surface area contributed by atoms with E-state index in [1.807, 2.05) is 29.2 Å². The van der Waals surface area contributed by atoms with E-state index in [1.165, 1.54) is 0 Å². The first-order chi connectivity index (χ1) is 12.8. The molecule has 0 bridgehead atoms. The molecular formula is C20H19N3O3. The van der Waals surface area contributed by atoms with Gasteiger partial charge < -0.3 is 19.4 Å². The van der Waals surface area contributed by atoms with Crippen LogP contribution >= 0.6 is 0 Å². The molecule has 3 heterocycles. The third-order valence-corrected chi connectivity index (χ3v) is 5.11. The van der Waals surface area contributed by atoms with Crippen LogP contribution < -0.4 is 9.47 Å². The summed E-state index contributed by atoms with van der Waals surface area (Å²) in [6.45, 7) is 0.938. The predicted octanol–water partition coefficient (Wildman–Crippen LogP) is 3.66. The lowest BCUT2D eigenvalue weighted by atomic mass is 10.00. The topological polar surface area (TPSA) is 67.5 Å². The standard InChI is InChI=1S/C20H19N3O3/c24-20(13-8-9-17-18(11-13)26-12-25-17)23-10-4-3-7-16(23)19-21-14-5-1-2-6-15(14)22-19/h1-2,5-6,8-9,11,16H,3-4,7,10,12H2,(H,21,22). The van der Waals surface area contributed by atoms with Crippen LogP contribution in [0.15, 0.2) is 42.5 Å². The summed E-state index contributed by atoms with van der Waals surface area (Å²) in [5, 5.41) is 0. The number of hydrogen-bond acceptors (Lipinski definition) is 4. The van der Waals surface area contributed by atoms with Crippen LogP contribution in [0.1, 0.15) is 41.5 Å². The molecule has 1 atom stereocenters. The van der Waals surface area contributed by atoms with Gasteiger partial charge in [0.05, 0.1) is 17.1 Å². The summed E-state index contributed by atoms with van der Waals surface area (Å²) in [6, 6.07) is 13.3. The molecule has 1 fully saturated rings. The number of rotatable bonds is 2. The number of nitrogens with one attached hydrogen (secondary N) is 1. The smallest absolute Gasteiger partial charge is 0.254 e. The average molecular weight is 349 g/mol. The number of H-pyrrole nitrogens is 1. The molecule has 6 heteroatoms. The minimum Gasteiger partial charge on any atom is -0.454 e. The van der Waals surface area contributed by atoms with Gasteiger partial charge in [-0.05, 0) is 49.6 Å². The molecule has 0 saturated carbocycles. The van der Waals surface area contributed by atoms with Crippen LogP contribution in [0.25, 0.3) is 11.0 Å². The third kappa shape index (κ3) is 2.49. The van der Waals surface area contributed by atoms with E-state index in [0.29, 0.717) is 17.1 Å². The molecule has 1 aromatic heterocycles. The van der Waals surface area contributed by atoms with Gasteiger partial charge in [-0.15, -0.1) is 0 Å². The Labute approximate surface area is 150 Å². The molecule has 2 aliphatic rings. The summed E-state index contributed by atoms with van der Waals surface area (Å²) in [6.07, 6.45) is 3.01. The Hall–Kier alpha value is -3.02. The first-order valence-electron chi connectivity index (χ1n) is 8.95. The van der Waals surface area contributed by atoms with Crippen LogP contribution in [0.4, 0.5) is 0 Å². The number of imidazole rings is 1. The molecule has 5 rings (SSSR count). The molecule has 3 aromatic rings. The van der Waals surface area contributed by atoms with E-state index in [0.717, 1.165) is 42.7 Å². The number of amides is 1. The fourth-order valence-electron chi connectivity index (χ4n) is 3.78. The minimum atomic E-state index is -0.0333. The highest BCUT2D eigenvalue weighted by atomic mass is 16.7. The Morgan fingerprint density at radius 1 is 1.12 bits per heavy atom. The van der Waals surface area contributed by atoms with Crippen LogP contribution in [-0.2, 0) is 0 Å². The second kappa shape index (κ2) is 6.05. The second-order valence-corrected chi connectivity index (χ2v) is 6.72. The number of aromatic nitrogens is 2. The van der Waals surface area contributed by atoms with Crippen LogP contribution in [-0.4, -0.2) is 34.1 Å². The largest absolute Gasteiger partial charge is 0.454 e. The number of carbonyl (C=O) groups is 1. The average Bonchev–Trinajstić information content (AvgIpc) is 3.33. The fraction of sp³-hybridized carbons (Fsp3) is 0.300. The van der Waals surface area contributed by atoms with Gasteiger partial charge in [-0.3, -0.25) is 4.79 Å². The number of aromatic amines is 1. The van der Waals surface area contributed by atoms with Crippen molar-refractivity contribution < 1.29 is 14.3 Å². The zero-order chi connectivity index (χ0) is 17.5. The van der Waals surface area contributed by atoms with Crippen molar-refractivity contribution in [3.63, 3.8) is 0 Å². The molecule has 0 aliphatic carbocycles. The number of hydrogen-bond donors (Lipinski definition) is 1. The summed E-state index contributed by atoms with van der Waals surface area (Å²) in [4.78, 5) is 23.2. The zero-order valence-corrected chi connectivity index (χ0v) is 14.3. The zero-order valence-electron chi connectivity index (χ0n) is 14.3. The SMILES string of the molecule is O=C(c1ccc2c(c1)OCO2)N1CCCCC1c1nc2ccccc2[nH]1. The Morgan fingerprint density at radius 3 is 2.92 bits per heavy atom. The maximum absolute atomic E-state index is 13.2. The number of para-hydroxylation sites is 2. The van der Waals surface area contributed by atoms with Gasteiger partial charge in [0.15, 0.2) is 11.5 Å². The van der Waals surface area contributed by atoms with Crippen molar-refractivity contribution in [2.75, 3.05) is 13.3 Å². The van der Waals surface area contributed by atoms with Crippen molar-refractivity contribution in [1.29, 1.82) is 0 Å². The molecule has 26 heavy (non-hydrogen) atoms. The molecule has 6 nitrogen and oxygen atoms in total. The molecule has 0 radical (unpaired) electrons. The molecule has 2 aliphatic heterocycles. The molecule has 132 valence electrons. The third-order valence-electron chi connectivity index (χ3n) is 5.11. The van der Waals surface area contributed by atoms with E-state index >= 15 is 0 Å². The van der Waals surface area contributed by atoms with Crippen molar-refractivity contribution in [2.45, 2.75) is 25.3 Å². The van der Waals surface area contributed by atoms with Crippen molar-refractivity contribution in [3.8, 4) is 11.5 Å². The predicted molar refractivity (Wildman–Crippen MR) is 96.3 cm³/mol. The lowest BCUT2D eigenvalue weighted by molar-refractivity contribution is 0.0601. The molecule has 1 unspecified atom stereocenters.